The van der Waals surface area contributed by atoms with Gasteiger partial charge in [0.15, 0.2) is 0 Å². The highest BCUT2D eigenvalue weighted by atomic mass is 35.5. The van der Waals surface area contributed by atoms with E-state index in [2.05, 4.69) is 0 Å². The molecule has 134 valence electrons. The van der Waals surface area contributed by atoms with Gasteiger partial charge in [0.25, 0.3) is 0 Å². The predicted octanol–water partition coefficient (Wildman–Crippen LogP) is 5.70. The number of rotatable bonds is 6. The Morgan fingerprint density at radius 2 is 1.85 bits per heavy atom. The van der Waals surface area contributed by atoms with Crippen LogP contribution in [0.2, 0.25) is 15.1 Å². The van der Waals surface area contributed by atoms with Crippen molar-refractivity contribution >= 4 is 46.8 Å². The summed E-state index contributed by atoms with van der Waals surface area (Å²) in [7, 11) is 0. The summed E-state index contributed by atoms with van der Waals surface area (Å²) in [6.45, 7) is 2.02. The lowest BCUT2D eigenvalue weighted by atomic mass is 10.1. The lowest BCUT2D eigenvalue weighted by Crippen LogP contribution is -2.06. The summed E-state index contributed by atoms with van der Waals surface area (Å²) in [4.78, 5) is 11.8. The minimum absolute atomic E-state index is 0.150. The molecular weight excluding hydrogens is 397 g/mol. The number of nitrogens with zero attached hydrogens (tertiary/aromatic N) is 1. The Hall–Kier alpha value is -2.19. The van der Waals surface area contributed by atoms with E-state index in [1.165, 1.54) is 6.08 Å². The highest BCUT2D eigenvalue weighted by Crippen LogP contribution is 2.28. The van der Waals surface area contributed by atoms with Crippen molar-refractivity contribution < 1.29 is 14.3 Å². The van der Waals surface area contributed by atoms with Crippen LogP contribution < -0.4 is 4.74 Å². The number of ether oxygens (including phenoxy) is 2. The summed E-state index contributed by atoms with van der Waals surface area (Å²) in [6.07, 6.45) is 1.38. The third kappa shape index (κ3) is 5.40. The molecule has 7 heteroatoms. The summed E-state index contributed by atoms with van der Waals surface area (Å²) in [5, 5.41) is 10.6. The molecular formula is C19H14Cl3NO3. The number of halogens is 3. The second-order valence-electron chi connectivity index (χ2n) is 5.10. The smallest absolute Gasteiger partial charge is 0.348 e. The van der Waals surface area contributed by atoms with Gasteiger partial charge in [-0.1, -0.05) is 40.9 Å². The Labute approximate surface area is 166 Å². The second kappa shape index (κ2) is 9.49. The first-order valence-electron chi connectivity index (χ1n) is 7.59. The Morgan fingerprint density at radius 3 is 2.50 bits per heavy atom. The molecule has 0 aliphatic rings. The zero-order valence-electron chi connectivity index (χ0n) is 13.8. The monoisotopic (exact) mass is 409 g/mol. The maximum atomic E-state index is 11.8. The lowest BCUT2D eigenvalue weighted by Gasteiger charge is -2.11. The summed E-state index contributed by atoms with van der Waals surface area (Å²) in [5.41, 5.74) is 1.07. The van der Waals surface area contributed by atoms with Crippen molar-refractivity contribution in [3.8, 4) is 11.8 Å². The van der Waals surface area contributed by atoms with Crippen LogP contribution in [0.25, 0.3) is 6.08 Å². The van der Waals surface area contributed by atoms with E-state index in [1.807, 2.05) is 6.07 Å². The van der Waals surface area contributed by atoms with Gasteiger partial charge in [-0.2, -0.15) is 5.26 Å². The average molecular weight is 411 g/mol. The van der Waals surface area contributed by atoms with Crippen molar-refractivity contribution in [2.75, 3.05) is 6.61 Å². The fourth-order valence-electron chi connectivity index (χ4n) is 2.06. The topological polar surface area (TPSA) is 59.3 Å². The van der Waals surface area contributed by atoms with Crippen LogP contribution in [0.15, 0.2) is 42.0 Å². The van der Waals surface area contributed by atoms with E-state index >= 15 is 0 Å². The molecule has 26 heavy (non-hydrogen) atoms. The molecule has 0 spiro atoms. The standard InChI is InChI=1S/C19H14Cl3NO3/c1-2-25-19(24)14(10-23)7-13-8-15(20)5-6-18(13)26-11-12-3-4-16(21)9-17(12)22/h3-9H,2,11H2,1H3. The van der Waals surface area contributed by atoms with E-state index in [4.69, 9.17) is 44.3 Å². The molecule has 0 aromatic heterocycles. The molecule has 0 aliphatic carbocycles. The maximum Gasteiger partial charge on any atom is 0.348 e. The first-order chi connectivity index (χ1) is 12.4. The molecule has 0 unspecified atom stereocenters. The molecule has 4 nitrogen and oxygen atoms in total. The molecule has 0 radical (unpaired) electrons. The Bertz CT molecular complexity index is 888. The SMILES string of the molecule is CCOC(=O)C(C#N)=Cc1cc(Cl)ccc1OCc1ccc(Cl)cc1Cl. The number of carbonyl (C=O) groups excluding carboxylic acids is 1. The van der Waals surface area contributed by atoms with Crippen LogP contribution in [0.3, 0.4) is 0 Å². The van der Waals surface area contributed by atoms with E-state index < -0.39 is 5.97 Å². The number of nitriles is 1. The molecule has 0 fully saturated rings. The van der Waals surface area contributed by atoms with Crippen LogP contribution in [0.1, 0.15) is 18.1 Å². The summed E-state index contributed by atoms with van der Waals surface area (Å²) in [6, 6.07) is 11.8. The molecule has 0 amide bonds. The third-order valence-electron chi connectivity index (χ3n) is 3.29. The van der Waals surface area contributed by atoms with Gasteiger partial charge in [0.2, 0.25) is 0 Å². The van der Waals surface area contributed by atoms with Gasteiger partial charge in [0, 0.05) is 26.2 Å². The highest BCUT2D eigenvalue weighted by molar-refractivity contribution is 6.35. The van der Waals surface area contributed by atoms with Crippen molar-refractivity contribution in [1.29, 1.82) is 5.26 Å². The van der Waals surface area contributed by atoms with Gasteiger partial charge < -0.3 is 9.47 Å². The number of benzene rings is 2. The number of carbonyl (C=O) groups is 1. The fourth-order valence-corrected chi connectivity index (χ4v) is 2.70. The van der Waals surface area contributed by atoms with E-state index in [9.17, 15) is 10.1 Å². The van der Waals surface area contributed by atoms with Crippen LogP contribution >= 0.6 is 34.8 Å². The van der Waals surface area contributed by atoms with Gasteiger partial charge in [-0.15, -0.1) is 0 Å². The maximum absolute atomic E-state index is 11.8. The molecule has 0 saturated heterocycles. The quantitative estimate of drug-likeness (QED) is 0.348. The van der Waals surface area contributed by atoms with Crippen LogP contribution in [0.5, 0.6) is 5.75 Å². The van der Waals surface area contributed by atoms with Gasteiger partial charge >= 0.3 is 5.97 Å². The minimum atomic E-state index is -0.707. The van der Waals surface area contributed by atoms with Crippen molar-refractivity contribution in [3.63, 3.8) is 0 Å². The lowest BCUT2D eigenvalue weighted by molar-refractivity contribution is -0.137. The average Bonchev–Trinajstić information content (AvgIpc) is 2.60. The summed E-state index contributed by atoms with van der Waals surface area (Å²) >= 11 is 18.0. The van der Waals surface area contributed by atoms with Gasteiger partial charge in [0.1, 0.15) is 24.0 Å². The zero-order chi connectivity index (χ0) is 19.1. The van der Waals surface area contributed by atoms with Crippen LogP contribution in [0.4, 0.5) is 0 Å². The number of esters is 1. The highest BCUT2D eigenvalue weighted by Gasteiger charge is 2.13. The minimum Gasteiger partial charge on any atom is -0.488 e. The van der Waals surface area contributed by atoms with Crippen LogP contribution in [0, 0.1) is 11.3 Å². The fraction of sp³-hybridized carbons (Fsp3) is 0.158. The first-order valence-corrected chi connectivity index (χ1v) is 8.73. The molecule has 2 rings (SSSR count). The van der Waals surface area contributed by atoms with Gasteiger partial charge in [-0.3, -0.25) is 0 Å². The normalized spacial score (nSPS) is 11.0. The van der Waals surface area contributed by atoms with E-state index in [0.29, 0.717) is 26.4 Å². The molecule has 2 aromatic carbocycles. The zero-order valence-corrected chi connectivity index (χ0v) is 16.0. The molecule has 0 atom stereocenters. The Balaban J connectivity index is 2.29. The van der Waals surface area contributed by atoms with Crippen LogP contribution in [-0.2, 0) is 16.1 Å². The van der Waals surface area contributed by atoms with Crippen LogP contribution in [-0.4, -0.2) is 12.6 Å². The van der Waals surface area contributed by atoms with Gasteiger partial charge in [-0.25, -0.2) is 4.79 Å². The number of hydrogen-bond acceptors (Lipinski definition) is 4. The van der Waals surface area contributed by atoms with E-state index in [1.54, 1.807) is 43.3 Å². The summed E-state index contributed by atoms with van der Waals surface area (Å²) < 4.78 is 10.7. The Morgan fingerprint density at radius 1 is 1.15 bits per heavy atom. The Kier molecular flexibility index (Phi) is 7.35. The van der Waals surface area contributed by atoms with Gasteiger partial charge in [0.05, 0.1) is 6.61 Å². The molecule has 2 aromatic rings. The molecule has 0 bridgehead atoms. The first kappa shape index (κ1) is 20.1. The van der Waals surface area contributed by atoms with E-state index in [0.717, 1.165) is 5.56 Å². The molecule has 0 saturated carbocycles. The number of hydrogen-bond donors (Lipinski definition) is 0. The largest absolute Gasteiger partial charge is 0.488 e. The van der Waals surface area contributed by atoms with E-state index in [-0.39, 0.29) is 18.8 Å². The van der Waals surface area contributed by atoms with Gasteiger partial charge in [-0.05, 0) is 43.3 Å². The molecule has 0 N–H and O–H groups in total. The predicted molar refractivity (Wildman–Crippen MR) is 102 cm³/mol. The molecule has 0 aliphatic heterocycles. The summed E-state index contributed by atoms with van der Waals surface area (Å²) in [5.74, 6) is -0.265. The third-order valence-corrected chi connectivity index (χ3v) is 4.11. The second-order valence-corrected chi connectivity index (χ2v) is 6.38. The van der Waals surface area contributed by atoms with Crippen molar-refractivity contribution in [1.82, 2.24) is 0 Å². The van der Waals surface area contributed by atoms with Crippen molar-refractivity contribution in [2.45, 2.75) is 13.5 Å². The van der Waals surface area contributed by atoms with Crippen molar-refractivity contribution in [2.24, 2.45) is 0 Å². The van der Waals surface area contributed by atoms with Crippen molar-refractivity contribution in [3.05, 3.63) is 68.2 Å². The molecule has 0 heterocycles.